The molecule has 24 heavy (non-hydrogen) atoms. The molecule has 0 amide bonds. The van der Waals surface area contributed by atoms with Crippen LogP contribution in [0.2, 0.25) is 0 Å². The fourth-order valence-electron chi connectivity index (χ4n) is 3.40. The third-order valence-electron chi connectivity index (χ3n) is 4.67. The van der Waals surface area contributed by atoms with Gasteiger partial charge in [0, 0.05) is 19.4 Å². The Labute approximate surface area is 142 Å². The second kappa shape index (κ2) is 6.48. The van der Waals surface area contributed by atoms with Gasteiger partial charge < -0.3 is 5.32 Å². The van der Waals surface area contributed by atoms with Crippen LogP contribution in [0.25, 0.3) is 11.1 Å². The number of nitrogens with one attached hydrogen (secondary N) is 1. The van der Waals surface area contributed by atoms with Crippen molar-refractivity contribution in [2.75, 3.05) is 5.32 Å². The fraction of sp³-hybridized carbons (Fsp3) is 0.300. The fourth-order valence-corrected chi connectivity index (χ4v) is 3.40. The van der Waals surface area contributed by atoms with Crippen molar-refractivity contribution in [3.63, 3.8) is 0 Å². The summed E-state index contributed by atoms with van der Waals surface area (Å²) in [6.07, 6.45) is 12.0. The molecule has 122 valence electrons. The van der Waals surface area contributed by atoms with Gasteiger partial charge in [-0.05, 0) is 60.1 Å². The molecule has 2 heterocycles. The molecule has 4 heteroatoms. The van der Waals surface area contributed by atoms with E-state index in [9.17, 15) is 0 Å². The Kier molecular flexibility index (Phi) is 4.03. The number of hydrogen-bond donors (Lipinski definition) is 1. The molecule has 0 atom stereocenters. The first-order valence-electron chi connectivity index (χ1n) is 8.62. The maximum Gasteiger partial charge on any atom is 0.130 e. The Morgan fingerprint density at radius 1 is 0.958 bits per heavy atom. The number of pyridine rings is 1. The second-order valence-corrected chi connectivity index (χ2v) is 6.50. The number of hydrogen-bond acceptors (Lipinski definition) is 3. The Balaban J connectivity index is 1.62. The first-order chi connectivity index (χ1) is 11.8. The van der Waals surface area contributed by atoms with Crippen molar-refractivity contribution in [1.29, 1.82) is 0 Å². The lowest BCUT2D eigenvalue weighted by molar-refractivity contribution is 0.711. The van der Waals surface area contributed by atoms with E-state index < -0.39 is 0 Å². The lowest BCUT2D eigenvalue weighted by atomic mass is 9.97. The molecular formula is C20H22N4. The van der Waals surface area contributed by atoms with Crippen molar-refractivity contribution >= 4 is 11.5 Å². The third-order valence-corrected chi connectivity index (χ3v) is 4.67. The van der Waals surface area contributed by atoms with E-state index in [4.69, 9.17) is 0 Å². The van der Waals surface area contributed by atoms with Crippen molar-refractivity contribution in [2.24, 2.45) is 7.05 Å². The van der Waals surface area contributed by atoms with Gasteiger partial charge in [0.25, 0.3) is 0 Å². The number of fused-ring (bicyclic) bond motifs is 1. The second-order valence-electron chi connectivity index (χ2n) is 6.50. The molecule has 2 aromatic heterocycles. The van der Waals surface area contributed by atoms with Gasteiger partial charge in [-0.1, -0.05) is 24.6 Å². The molecule has 0 bridgehead atoms. The Hall–Kier alpha value is -2.62. The van der Waals surface area contributed by atoms with Gasteiger partial charge in [-0.25, -0.2) is 4.98 Å². The highest BCUT2D eigenvalue weighted by Crippen LogP contribution is 2.28. The summed E-state index contributed by atoms with van der Waals surface area (Å²) in [4.78, 5) is 4.42. The van der Waals surface area contributed by atoms with E-state index in [0.717, 1.165) is 11.5 Å². The van der Waals surface area contributed by atoms with Gasteiger partial charge in [0.2, 0.25) is 0 Å². The average molecular weight is 318 g/mol. The molecule has 1 N–H and O–H groups in total. The molecule has 0 aliphatic heterocycles. The van der Waals surface area contributed by atoms with Crippen LogP contribution in [0.15, 0.2) is 48.9 Å². The average Bonchev–Trinajstić information content (AvgIpc) is 2.87. The van der Waals surface area contributed by atoms with E-state index in [1.807, 2.05) is 19.4 Å². The SMILES string of the molecule is Cn1cc(Nc2cc(-c3ccc4c(c3)CCCCC4)ccn2)cn1. The van der Waals surface area contributed by atoms with Gasteiger partial charge in [0.1, 0.15) is 5.82 Å². The van der Waals surface area contributed by atoms with Crippen LogP contribution in [0.4, 0.5) is 11.5 Å². The largest absolute Gasteiger partial charge is 0.338 e. The lowest BCUT2D eigenvalue weighted by Gasteiger charge is -2.10. The molecule has 4 rings (SSSR count). The van der Waals surface area contributed by atoms with Gasteiger partial charge in [0.05, 0.1) is 11.9 Å². The first kappa shape index (κ1) is 14.9. The highest BCUT2D eigenvalue weighted by molar-refractivity contribution is 5.69. The quantitative estimate of drug-likeness (QED) is 0.723. The number of rotatable bonds is 3. The van der Waals surface area contributed by atoms with Gasteiger partial charge >= 0.3 is 0 Å². The molecule has 1 aliphatic rings. The third kappa shape index (κ3) is 3.18. The van der Waals surface area contributed by atoms with Gasteiger partial charge in [-0.2, -0.15) is 5.10 Å². The zero-order valence-corrected chi connectivity index (χ0v) is 14.0. The van der Waals surface area contributed by atoms with E-state index in [2.05, 4.69) is 45.7 Å². The Morgan fingerprint density at radius 2 is 1.79 bits per heavy atom. The smallest absolute Gasteiger partial charge is 0.130 e. The number of benzene rings is 1. The van der Waals surface area contributed by atoms with Crippen molar-refractivity contribution < 1.29 is 0 Å². The van der Waals surface area contributed by atoms with E-state index in [-0.39, 0.29) is 0 Å². The summed E-state index contributed by atoms with van der Waals surface area (Å²) in [6, 6.07) is 11.1. The minimum absolute atomic E-state index is 0.843. The summed E-state index contributed by atoms with van der Waals surface area (Å²) in [7, 11) is 1.91. The topological polar surface area (TPSA) is 42.7 Å². The lowest BCUT2D eigenvalue weighted by Crippen LogP contribution is -1.94. The molecule has 0 saturated heterocycles. The van der Waals surface area contributed by atoms with Crippen molar-refractivity contribution in [2.45, 2.75) is 32.1 Å². The maximum absolute atomic E-state index is 4.42. The molecule has 0 saturated carbocycles. The summed E-state index contributed by atoms with van der Waals surface area (Å²) in [5, 5.41) is 7.49. The molecule has 0 spiro atoms. The van der Waals surface area contributed by atoms with Crippen LogP contribution >= 0.6 is 0 Å². The minimum atomic E-state index is 0.843. The summed E-state index contributed by atoms with van der Waals surface area (Å²) < 4.78 is 1.78. The monoisotopic (exact) mass is 318 g/mol. The molecule has 1 aromatic carbocycles. The standard InChI is InChI=1S/C20H22N4/c1-24-14-19(13-22-24)23-20-12-18(9-10-21-20)17-8-7-15-5-3-2-4-6-16(15)11-17/h7-14H,2-6H2,1H3,(H,21,23). The summed E-state index contributed by atoms with van der Waals surface area (Å²) in [5.74, 6) is 0.843. The molecule has 0 fully saturated rings. The predicted molar refractivity (Wildman–Crippen MR) is 97.4 cm³/mol. The number of anilines is 2. The van der Waals surface area contributed by atoms with Crippen LogP contribution in [-0.4, -0.2) is 14.8 Å². The number of nitrogens with zero attached hydrogens (tertiary/aromatic N) is 3. The van der Waals surface area contributed by atoms with E-state index in [0.29, 0.717) is 0 Å². The maximum atomic E-state index is 4.42. The Morgan fingerprint density at radius 3 is 2.62 bits per heavy atom. The van der Waals surface area contributed by atoms with Crippen molar-refractivity contribution in [1.82, 2.24) is 14.8 Å². The molecule has 0 radical (unpaired) electrons. The normalized spacial score (nSPS) is 14.0. The number of aryl methyl sites for hydroxylation is 3. The highest BCUT2D eigenvalue weighted by atomic mass is 15.3. The van der Waals surface area contributed by atoms with Crippen molar-refractivity contribution in [3.8, 4) is 11.1 Å². The molecule has 1 aliphatic carbocycles. The molecular weight excluding hydrogens is 296 g/mol. The summed E-state index contributed by atoms with van der Waals surface area (Å²) in [6.45, 7) is 0. The molecule has 4 nitrogen and oxygen atoms in total. The van der Waals surface area contributed by atoms with Crippen LogP contribution < -0.4 is 5.32 Å². The van der Waals surface area contributed by atoms with Crippen LogP contribution in [0.1, 0.15) is 30.4 Å². The molecule has 0 unspecified atom stereocenters. The van der Waals surface area contributed by atoms with Gasteiger partial charge in [-0.15, -0.1) is 0 Å². The van der Waals surface area contributed by atoms with Crippen LogP contribution in [0, 0.1) is 0 Å². The zero-order chi connectivity index (χ0) is 16.4. The van der Waals surface area contributed by atoms with Crippen LogP contribution in [-0.2, 0) is 19.9 Å². The summed E-state index contributed by atoms with van der Waals surface area (Å²) in [5.41, 5.74) is 6.46. The van der Waals surface area contributed by atoms with E-state index in [1.54, 1.807) is 10.9 Å². The van der Waals surface area contributed by atoms with Crippen molar-refractivity contribution in [3.05, 3.63) is 60.0 Å². The zero-order valence-electron chi connectivity index (χ0n) is 14.0. The predicted octanol–water partition coefficient (Wildman–Crippen LogP) is 4.49. The van der Waals surface area contributed by atoms with Crippen LogP contribution in [0.5, 0.6) is 0 Å². The van der Waals surface area contributed by atoms with E-state index in [1.165, 1.54) is 54.4 Å². The van der Waals surface area contributed by atoms with E-state index >= 15 is 0 Å². The Bertz CT molecular complexity index is 850. The highest BCUT2D eigenvalue weighted by Gasteiger charge is 2.10. The summed E-state index contributed by atoms with van der Waals surface area (Å²) >= 11 is 0. The number of aromatic nitrogens is 3. The molecule has 3 aromatic rings. The minimum Gasteiger partial charge on any atom is -0.338 e. The first-order valence-corrected chi connectivity index (χ1v) is 8.62. The van der Waals surface area contributed by atoms with Crippen LogP contribution in [0.3, 0.4) is 0 Å². The van der Waals surface area contributed by atoms with Gasteiger partial charge in [-0.3, -0.25) is 4.68 Å². The van der Waals surface area contributed by atoms with Gasteiger partial charge in [0.15, 0.2) is 0 Å².